The highest BCUT2D eigenvalue weighted by atomic mass is 127. The van der Waals surface area contributed by atoms with Gasteiger partial charge in [0.25, 0.3) is 0 Å². The minimum absolute atomic E-state index is 0. The van der Waals surface area contributed by atoms with Crippen LogP contribution < -0.4 is 20.1 Å². The SMILES string of the molecule is CN=C(NCc1ccc(OC)cc1OC)NCC(C)Sc1ccccc1.I. The molecule has 0 aromatic heterocycles. The van der Waals surface area contributed by atoms with Crippen molar-refractivity contribution in [3.8, 4) is 11.5 Å². The van der Waals surface area contributed by atoms with E-state index in [1.54, 1.807) is 21.3 Å². The smallest absolute Gasteiger partial charge is 0.191 e. The first-order valence-electron chi connectivity index (χ1n) is 8.53. The van der Waals surface area contributed by atoms with Crippen molar-refractivity contribution in [2.45, 2.75) is 23.6 Å². The van der Waals surface area contributed by atoms with Gasteiger partial charge in [-0.3, -0.25) is 4.99 Å². The highest BCUT2D eigenvalue weighted by molar-refractivity contribution is 14.0. The van der Waals surface area contributed by atoms with Crippen molar-refractivity contribution in [2.24, 2.45) is 4.99 Å². The molecular formula is C20H28IN3O2S. The number of ether oxygens (including phenoxy) is 2. The Morgan fingerprint density at radius 1 is 1.07 bits per heavy atom. The lowest BCUT2D eigenvalue weighted by Crippen LogP contribution is -2.39. The fourth-order valence-corrected chi connectivity index (χ4v) is 3.36. The van der Waals surface area contributed by atoms with Gasteiger partial charge in [0.15, 0.2) is 5.96 Å². The Bertz CT molecular complexity index is 714. The number of nitrogens with one attached hydrogen (secondary N) is 2. The maximum absolute atomic E-state index is 5.43. The van der Waals surface area contributed by atoms with Crippen LogP contribution in [0.2, 0.25) is 0 Å². The standard InChI is InChI=1S/C20H27N3O2S.HI/c1-15(26-18-8-6-5-7-9-18)13-22-20(21-2)23-14-16-10-11-17(24-3)12-19(16)25-4;/h5-12,15H,13-14H2,1-4H3,(H2,21,22,23);1H. The quantitative estimate of drug-likeness (QED) is 0.246. The minimum atomic E-state index is 0. The first-order chi connectivity index (χ1) is 12.7. The van der Waals surface area contributed by atoms with Gasteiger partial charge in [0.1, 0.15) is 11.5 Å². The van der Waals surface area contributed by atoms with Crippen LogP contribution in [0.3, 0.4) is 0 Å². The van der Waals surface area contributed by atoms with Gasteiger partial charge in [0.2, 0.25) is 0 Å². The van der Waals surface area contributed by atoms with Crippen LogP contribution in [0.25, 0.3) is 0 Å². The summed E-state index contributed by atoms with van der Waals surface area (Å²) in [6.45, 7) is 3.64. The molecule has 2 aromatic carbocycles. The summed E-state index contributed by atoms with van der Waals surface area (Å²) in [5.41, 5.74) is 1.04. The molecule has 0 spiro atoms. The number of nitrogens with zero attached hydrogens (tertiary/aromatic N) is 1. The third-order valence-electron chi connectivity index (χ3n) is 3.80. The fourth-order valence-electron chi connectivity index (χ4n) is 2.41. The Labute approximate surface area is 183 Å². The third-order valence-corrected chi connectivity index (χ3v) is 4.91. The van der Waals surface area contributed by atoms with E-state index < -0.39 is 0 Å². The second kappa shape index (κ2) is 12.7. The summed E-state index contributed by atoms with van der Waals surface area (Å²) in [5, 5.41) is 7.12. The number of hydrogen-bond acceptors (Lipinski definition) is 4. The van der Waals surface area contributed by atoms with Crippen LogP contribution >= 0.6 is 35.7 Å². The average molecular weight is 501 g/mol. The first kappa shape index (κ1) is 23.4. The van der Waals surface area contributed by atoms with Gasteiger partial charge in [-0.05, 0) is 24.3 Å². The molecular weight excluding hydrogens is 473 g/mol. The van der Waals surface area contributed by atoms with Crippen LogP contribution in [0.1, 0.15) is 12.5 Å². The molecule has 2 rings (SSSR count). The molecule has 0 bridgehead atoms. The van der Waals surface area contributed by atoms with Crippen molar-refractivity contribution in [3.05, 3.63) is 54.1 Å². The Morgan fingerprint density at radius 3 is 2.44 bits per heavy atom. The summed E-state index contributed by atoms with van der Waals surface area (Å²) < 4.78 is 10.7. The Kier molecular flexibility index (Phi) is 11.0. The predicted octanol–water partition coefficient (Wildman–Crippen LogP) is 4.17. The molecule has 0 heterocycles. The monoisotopic (exact) mass is 501 g/mol. The topological polar surface area (TPSA) is 54.9 Å². The lowest BCUT2D eigenvalue weighted by Gasteiger charge is -2.17. The van der Waals surface area contributed by atoms with Crippen LogP contribution in [-0.2, 0) is 6.54 Å². The number of methoxy groups -OCH3 is 2. The molecule has 2 aromatic rings. The van der Waals surface area contributed by atoms with Crippen LogP contribution in [-0.4, -0.2) is 39.0 Å². The van der Waals surface area contributed by atoms with Gasteiger partial charge in [-0.25, -0.2) is 0 Å². The molecule has 0 amide bonds. The normalized spacial score (nSPS) is 11.9. The van der Waals surface area contributed by atoms with E-state index in [1.807, 2.05) is 36.0 Å². The fraction of sp³-hybridized carbons (Fsp3) is 0.350. The van der Waals surface area contributed by atoms with Crippen molar-refractivity contribution in [2.75, 3.05) is 27.8 Å². The number of guanidine groups is 1. The lowest BCUT2D eigenvalue weighted by atomic mass is 10.2. The summed E-state index contributed by atoms with van der Waals surface area (Å²) in [5.74, 6) is 2.34. The van der Waals surface area contributed by atoms with Gasteiger partial charge < -0.3 is 20.1 Å². The van der Waals surface area contributed by atoms with Crippen LogP contribution in [0.4, 0.5) is 0 Å². The number of aliphatic imine (C=N–C) groups is 1. The van der Waals surface area contributed by atoms with E-state index in [2.05, 4.69) is 46.8 Å². The van der Waals surface area contributed by atoms with Crippen molar-refractivity contribution < 1.29 is 9.47 Å². The number of benzene rings is 2. The number of hydrogen-bond donors (Lipinski definition) is 2. The van der Waals surface area contributed by atoms with E-state index >= 15 is 0 Å². The van der Waals surface area contributed by atoms with Crippen molar-refractivity contribution >= 4 is 41.7 Å². The summed E-state index contributed by atoms with van der Waals surface area (Å²) >= 11 is 1.84. The summed E-state index contributed by atoms with van der Waals surface area (Å²) in [6, 6.07) is 16.2. The molecule has 5 nitrogen and oxygen atoms in total. The Balaban J connectivity index is 0.00000364. The van der Waals surface area contributed by atoms with E-state index in [0.29, 0.717) is 11.8 Å². The summed E-state index contributed by atoms with van der Waals surface area (Å²) in [6.07, 6.45) is 0. The highest BCUT2D eigenvalue weighted by Gasteiger charge is 2.08. The molecule has 0 aliphatic rings. The largest absolute Gasteiger partial charge is 0.497 e. The molecule has 0 fully saturated rings. The molecule has 0 aliphatic carbocycles. The molecule has 2 N–H and O–H groups in total. The van der Waals surface area contributed by atoms with E-state index in [1.165, 1.54) is 4.90 Å². The van der Waals surface area contributed by atoms with Gasteiger partial charge in [0, 0.05) is 41.9 Å². The Hall–Kier alpha value is -1.61. The Morgan fingerprint density at radius 2 is 1.81 bits per heavy atom. The molecule has 7 heteroatoms. The predicted molar refractivity (Wildman–Crippen MR) is 125 cm³/mol. The maximum Gasteiger partial charge on any atom is 0.191 e. The molecule has 1 unspecified atom stereocenters. The molecule has 27 heavy (non-hydrogen) atoms. The van der Waals surface area contributed by atoms with E-state index in [0.717, 1.165) is 29.6 Å². The second-order valence-corrected chi connectivity index (χ2v) is 7.24. The third kappa shape index (κ3) is 7.88. The van der Waals surface area contributed by atoms with E-state index in [-0.39, 0.29) is 24.0 Å². The highest BCUT2D eigenvalue weighted by Crippen LogP contribution is 2.24. The van der Waals surface area contributed by atoms with Crippen LogP contribution in [0, 0.1) is 0 Å². The average Bonchev–Trinajstić information content (AvgIpc) is 2.68. The number of rotatable bonds is 8. The zero-order valence-corrected chi connectivity index (χ0v) is 19.3. The summed E-state index contributed by atoms with van der Waals surface area (Å²) in [4.78, 5) is 5.56. The molecule has 0 saturated carbocycles. The van der Waals surface area contributed by atoms with Gasteiger partial charge in [-0.15, -0.1) is 35.7 Å². The lowest BCUT2D eigenvalue weighted by molar-refractivity contribution is 0.390. The van der Waals surface area contributed by atoms with Crippen LogP contribution in [0.5, 0.6) is 11.5 Å². The molecule has 0 aliphatic heterocycles. The molecule has 0 saturated heterocycles. The van der Waals surface area contributed by atoms with E-state index in [4.69, 9.17) is 9.47 Å². The van der Waals surface area contributed by atoms with Crippen molar-refractivity contribution in [1.29, 1.82) is 0 Å². The minimum Gasteiger partial charge on any atom is -0.497 e. The maximum atomic E-state index is 5.43. The molecule has 148 valence electrons. The zero-order valence-electron chi connectivity index (χ0n) is 16.2. The van der Waals surface area contributed by atoms with Crippen molar-refractivity contribution in [1.82, 2.24) is 10.6 Å². The first-order valence-corrected chi connectivity index (χ1v) is 9.41. The van der Waals surface area contributed by atoms with Gasteiger partial charge in [-0.2, -0.15) is 0 Å². The molecule has 1 atom stereocenters. The van der Waals surface area contributed by atoms with Gasteiger partial charge in [-0.1, -0.05) is 25.1 Å². The summed E-state index contributed by atoms with van der Waals surface area (Å²) in [7, 11) is 5.08. The molecule has 0 radical (unpaired) electrons. The van der Waals surface area contributed by atoms with Gasteiger partial charge >= 0.3 is 0 Å². The van der Waals surface area contributed by atoms with E-state index in [9.17, 15) is 0 Å². The number of thioether (sulfide) groups is 1. The zero-order chi connectivity index (χ0) is 18.8. The number of halogens is 1. The van der Waals surface area contributed by atoms with Crippen molar-refractivity contribution in [3.63, 3.8) is 0 Å². The van der Waals surface area contributed by atoms with Crippen LogP contribution in [0.15, 0.2) is 58.4 Å². The second-order valence-electron chi connectivity index (χ2n) is 5.73. The van der Waals surface area contributed by atoms with Gasteiger partial charge in [0.05, 0.1) is 14.2 Å².